The Morgan fingerprint density at radius 1 is 1.11 bits per heavy atom. The lowest BCUT2D eigenvalue weighted by atomic mass is 9.86. The van der Waals surface area contributed by atoms with Gasteiger partial charge >= 0.3 is 0 Å². The monoisotopic (exact) mass is 408 g/mol. The average molecular weight is 409 g/mol. The Morgan fingerprint density at radius 2 is 1.75 bits per heavy atom. The normalized spacial score (nSPS) is 20.7. The smallest absolute Gasteiger partial charge is 0.223 e. The number of rotatable bonds is 8. The molecule has 1 saturated carbocycles. The fourth-order valence-corrected chi connectivity index (χ4v) is 4.55. The van der Waals surface area contributed by atoms with Crippen molar-refractivity contribution in [1.82, 2.24) is 10.0 Å². The Hall–Kier alpha value is -1.40. The molecular formula is C22H36N2O3S. The largest absolute Gasteiger partial charge is 0.356 e. The summed E-state index contributed by atoms with van der Waals surface area (Å²) in [6.07, 6.45) is 5.85. The van der Waals surface area contributed by atoms with E-state index in [0.717, 1.165) is 44.9 Å². The van der Waals surface area contributed by atoms with Crippen LogP contribution in [0.4, 0.5) is 0 Å². The third kappa shape index (κ3) is 6.59. The molecule has 0 spiro atoms. The molecule has 1 aliphatic carbocycles. The fraction of sp³-hybridized carbons (Fsp3) is 0.682. The third-order valence-corrected chi connectivity index (χ3v) is 7.82. The highest BCUT2D eigenvalue weighted by molar-refractivity contribution is 7.90. The molecule has 1 aromatic rings. The van der Waals surface area contributed by atoms with Gasteiger partial charge in [0.25, 0.3) is 0 Å². The Balaban J connectivity index is 1.69. The number of amides is 1. The van der Waals surface area contributed by atoms with Gasteiger partial charge in [0.1, 0.15) is 0 Å². The van der Waals surface area contributed by atoms with Gasteiger partial charge in [-0.3, -0.25) is 4.79 Å². The van der Waals surface area contributed by atoms with Crippen LogP contribution in [-0.2, 0) is 27.7 Å². The number of sulfonamides is 1. The lowest BCUT2D eigenvalue weighted by Crippen LogP contribution is -2.46. The van der Waals surface area contributed by atoms with E-state index in [-0.39, 0.29) is 17.9 Å². The number of nitrogens with one attached hydrogen (secondary N) is 2. The van der Waals surface area contributed by atoms with Crippen LogP contribution in [0.5, 0.6) is 0 Å². The predicted octanol–water partition coefficient (Wildman–Crippen LogP) is 3.57. The summed E-state index contributed by atoms with van der Waals surface area (Å²) < 4.78 is 26.6. The van der Waals surface area contributed by atoms with E-state index in [0.29, 0.717) is 6.54 Å². The molecule has 2 N–H and O–H groups in total. The molecule has 158 valence electrons. The number of carbonyl (C=O) groups is 1. The Morgan fingerprint density at radius 3 is 2.36 bits per heavy atom. The number of aryl methyl sites for hydroxylation is 2. The highest BCUT2D eigenvalue weighted by Gasteiger charge is 2.33. The molecule has 1 amide bonds. The summed E-state index contributed by atoms with van der Waals surface area (Å²) >= 11 is 0. The van der Waals surface area contributed by atoms with Crippen molar-refractivity contribution in [3.8, 4) is 0 Å². The SMILES string of the molecule is CCc1cccc(CCCNC(=O)C2CCC(NS(=O)(=O)C(C)(C)C)CC2)c1. The van der Waals surface area contributed by atoms with Gasteiger partial charge in [-0.15, -0.1) is 0 Å². The molecule has 0 radical (unpaired) electrons. The van der Waals surface area contributed by atoms with Crippen LogP contribution in [0.2, 0.25) is 0 Å². The summed E-state index contributed by atoms with van der Waals surface area (Å²) in [4.78, 5) is 12.4. The van der Waals surface area contributed by atoms with Crippen molar-refractivity contribution in [2.75, 3.05) is 6.54 Å². The van der Waals surface area contributed by atoms with Crippen molar-refractivity contribution in [1.29, 1.82) is 0 Å². The van der Waals surface area contributed by atoms with Crippen molar-refractivity contribution in [2.45, 2.75) is 83.4 Å². The van der Waals surface area contributed by atoms with E-state index in [1.165, 1.54) is 11.1 Å². The van der Waals surface area contributed by atoms with E-state index in [2.05, 4.69) is 41.2 Å². The van der Waals surface area contributed by atoms with Crippen LogP contribution in [0.15, 0.2) is 24.3 Å². The van der Waals surface area contributed by atoms with Gasteiger partial charge in [0.05, 0.1) is 4.75 Å². The van der Waals surface area contributed by atoms with Crippen LogP contribution in [0.3, 0.4) is 0 Å². The summed E-state index contributed by atoms with van der Waals surface area (Å²) in [7, 11) is -3.33. The molecule has 28 heavy (non-hydrogen) atoms. The number of hydrogen-bond donors (Lipinski definition) is 2. The second-order valence-corrected chi connectivity index (χ2v) is 11.3. The minimum atomic E-state index is -3.33. The molecule has 0 unspecified atom stereocenters. The molecule has 1 fully saturated rings. The zero-order valence-electron chi connectivity index (χ0n) is 17.8. The van der Waals surface area contributed by atoms with Crippen molar-refractivity contribution in [3.63, 3.8) is 0 Å². The summed E-state index contributed by atoms with van der Waals surface area (Å²) in [6, 6.07) is 8.56. The van der Waals surface area contributed by atoms with E-state index in [9.17, 15) is 13.2 Å². The molecule has 1 aliphatic rings. The molecule has 0 atom stereocenters. The molecule has 0 aromatic heterocycles. The maximum Gasteiger partial charge on any atom is 0.223 e. The first kappa shape index (κ1) is 22.9. The van der Waals surface area contributed by atoms with Gasteiger partial charge in [-0.25, -0.2) is 13.1 Å². The van der Waals surface area contributed by atoms with Gasteiger partial charge < -0.3 is 5.32 Å². The zero-order chi connectivity index (χ0) is 20.8. The van der Waals surface area contributed by atoms with Crippen LogP contribution in [-0.4, -0.2) is 31.7 Å². The van der Waals surface area contributed by atoms with Gasteiger partial charge in [0.2, 0.25) is 15.9 Å². The van der Waals surface area contributed by atoms with Crippen LogP contribution in [0.25, 0.3) is 0 Å². The average Bonchev–Trinajstić information content (AvgIpc) is 2.64. The Bertz CT molecular complexity index is 745. The van der Waals surface area contributed by atoms with E-state index in [1.807, 2.05) is 0 Å². The molecule has 0 heterocycles. The highest BCUT2D eigenvalue weighted by atomic mass is 32.2. The van der Waals surface area contributed by atoms with E-state index in [1.54, 1.807) is 20.8 Å². The van der Waals surface area contributed by atoms with E-state index >= 15 is 0 Å². The minimum absolute atomic E-state index is 0.00110. The number of carbonyl (C=O) groups excluding carboxylic acids is 1. The summed E-state index contributed by atoms with van der Waals surface area (Å²) in [5, 5.41) is 3.06. The first-order valence-electron chi connectivity index (χ1n) is 10.5. The topological polar surface area (TPSA) is 75.3 Å². The lowest BCUT2D eigenvalue weighted by molar-refractivity contribution is -0.126. The highest BCUT2D eigenvalue weighted by Crippen LogP contribution is 2.26. The zero-order valence-corrected chi connectivity index (χ0v) is 18.6. The second kappa shape index (κ2) is 9.88. The first-order valence-corrected chi connectivity index (χ1v) is 12.0. The van der Waals surface area contributed by atoms with Crippen molar-refractivity contribution >= 4 is 15.9 Å². The second-order valence-electron chi connectivity index (χ2n) is 8.85. The molecule has 2 rings (SSSR count). The maximum atomic E-state index is 12.4. The van der Waals surface area contributed by atoms with Crippen LogP contribution in [0.1, 0.15) is 70.9 Å². The van der Waals surface area contributed by atoms with Gasteiger partial charge in [0.15, 0.2) is 0 Å². The Labute approximate surface area is 170 Å². The van der Waals surface area contributed by atoms with Crippen LogP contribution >= 0.6 is 0 Å². The molecule has 5 nitrogen and oxygen atoms in total. The third-order valence-electron chi connectivity index (χ3n) is 5.57. The van der Waals surface area contributed by atoms with Crippen molar-refractivity contribution in [3.05, 3.63) is 35.4 Å². The van der Waals surface area contributed by atoms with Gasteiger partial charge in [-0.05, 0) is 76.8 Å². The van der Waals surface area contributed by atoms with E-state index in [4.69, 9.17) is 0 Å². The quantitative estimate of drug-likeness (QED) is 0.646. The number of benzene rings is 1. The lowest BCUT2D eigenvalue weighted by Gasteiger charge is -2.30. The molecule has 0 aliphatic heterocycles. The summed E-state index contributed by atoms with van der Waals surface area (Å²) in [6.45, 7) is 7.95. The molecular weight excluding hydrogens is 372 g/mol. The maximum absolute atomic E-state index is 12.4. The molecule has 1 aromatic carbocycles. The molecule has 0 bridgehead atoms. The first-order chi connectivity index (χ1) is 13.1. The summed E-state index contributed by atoms with van der Waals surface area (Å²) in [5.74, 6) is 0.109. The summed E-state index contributed by atoms with van der Waals surface area (Å²) in [5.41, 5.74) is 2.67. The molecule has 0 saturated heterocycles. The van der Waals surface area contributed by atoms with Crippen LogP contribution < -0.4 is 10.0 Å². The Kier molecular flexibility index (Phi) is 8.07. The standard InChI is InChI=1S/C22H36N2O3S/c1-5-17-8-6-9-18(16-17)10-7-15-23-21(25)19-11-13-20(14-12-19)24-28(26,27)22(2,3)4/h6,8-9,16,19-20,24H,5,7,10-15H2,1-4H3,(H,23,25). The van der Waals surface area contributed by atoms with Crippen molar-refractivity contribution < 1.29 is 13.2 Å². The molecule has 6 heteroatoms. The minimum Gasteiger partial charge on any atom is -0.356 e. The predicted molar refractivity (Wildman–Crippen MR) is 115 cm³/mol. The van der Waals surface area contributed by atoms with Gasteiger partial charge in [-0.1, -0.05) is 31.2 Å². The van der Waals surface area contributed by atoms with Gasteiger partial charge in [-0.2, -0.15) is 0 Å². The van der Waals surface area contributed by atoms with Gasteiger partial charge in [0, 0.05) is 18.5 Å². The fourth-order valence-electron chi connectivity index (χ4n) is 3.52. The van der Waals surface area contributed by atoms with E-state index < -0.39 is 14.8 Å². The number of hydrogen-bond acceptors (Lipinski definition) is 3. The van der Waals surface area contributed by atoms with Crippen LogP contribution in [0, 0.1) is 5.92 Å². The van der Waals surface area contributed by atoms with Crippen molar-refractivity contribution in [2.24, 2.45) is 5.92 Å².